The van der Waals surface area contributed by atoms with Crippen LogP contribution in [0, 0.1) is 11.3 Å². The average molecular weight is 344 g/mol. The summed E-state index contributed by atoms with van der Waals surface area (Å²) in [5.41, 5.74) is 6.59. The Kier molecular flexibility index (Phi) is 5.72. The largest absolute Gasteiger partial charge is 0.391 e. The van der Waals surface area contributed by atoms with Crippen LogP contribution in [0.5, 0.6) is 0 Å². The van der Waals surface area contributed by atoms with Crippen molar-refractivity contribution in [3.8, 4) is 6.07 Å². The van der Waals surface area contributed by atoms with E-state index in [0.717, 1.165) is 5.56 Å². The summed E-state index contributed by atoms with van der Waals surface area (Å²) in [6.07, 6.45) is -0.485. The summed E-state index contributed by atoms with van der Waals surface area (Å²) in [6.45, 7) is 1.41. The molecule has 0 unspecified atom stereocenters. The first-order chi connectivity index (χ1) is 11.8. The lowest BCUT2D eigenvalue weighted by molar-refractivity contribution is -0.138. The summed E-state index contributed by atoms with van der Waals surface area (Å²) >= 11 is 0. The normalized spacial score (nSPS) is 20.6. The zero-order valence-corrected chi connectivity index (χ0v) is 13.8. The van der Waals surface area contributed by atoms with Crippen LogP contribution in [0.1, 0.15) is 24.5 Å². The molecule has 2 rings (SSSR count). The van der Waals surface area contributed by atoms with Crippen molar-refractivity contribution in [1.82, 2.24) is 10.2 Å². The molecule has 25 heavy (non-hydrogen) atoms. The lowest BCUT2D eigenvalue weighted by Crippen LogP contribution is -2.52. The molecule has 4 N–H and O–H groups in total. The number of nitrogens with one attached hydrogen (secondary N) is 1. The van der Waals surface area contributed by atoms with Gasteiger partial charge in [-0.05, 0) is 17.7 Å². The zero-order chi connectivity index (χ0) is 18.6. The molecule has 1 aliphatic rings. The highest BCUT2D eigenvalue weighted by Gasteiger charge is 2.38. The molecule has 0 spiro atoms. The molecule has 0 bridgehead atoms. The van der Waals surface area contributed by atoms with E-state index in [0.29, 0.717) is 5.56 Å². The number of primary amides is 1. The van der Waals surface area contributed by atoms with Gasteiger partial charge in [-0.15, -0.1) is 0 Å². The number of benzene rings is 1. The molecule has 0 saturated carbocycles. The zero-order valence-electron chi connectivity index (χ0n) is 13.8. The summed E-state index contributed by atoms with van der Waals surface area (Å²) in [6, 6.07) is 6.81. The number of aliphatic hydroxyl groups excluding tert-OH is 1. The van der Waals surface area contributed by atoms with Crippen molar-refractivity contribution in [2.75, 3.05) is 6.54 Å². The van der Waals surface area contributed by atoms with Crippen molar-refractivity contribution in [2.45, 2.75) is 38.0 Å². The Morgan fingerprint density at radius 2 is 2.04 bits per heavy atom. The van der Waals surface area contributed by atoms with Crippen LogP contribution in [0.3, 0.4) is 0 Å². The first-order valence-electron chi connectivity index (χ1n) is 7.85. The Labute approximate surface area is 145 Å². The molecule has 1 heterocycles. The van der Waals surface area contributed by atoms with E-state index in [1.165, 1.54) is 11.8 Å². The number of carbonyl (C=O) groups is 3. The number of hydrogen-bond donors (Lipinski definition) is 3. The van der Waals surface area contributed by atoms with Crippen LogP contribution in [-0.2, 0) is 20.8 Å². The van der Waals surface area contributed by atoms with E-state index in [-0.39, 0.29) is 25.3 Å². The third kappa shape index (κ3) is 4.55. The third-order valence-corrected chi connectivity index (χ3v) is 4.17. The van der Waals surface area contributed by atoms with Crippen molar-refractivity contribution in [3.05, 3.63) is 35.4 Å². The summed E-state index contributed by atoms with van der Waals surface area (Å²) in [5, 5.41) is 21.1. The standard InChI is InChI=1S/C17H20N4O4/c1-10(22)21-9-13(23)7-15(21)17(25)20-14(16(19)24)6-11-2-4-12(8-18)5-3-11/h2-5,13-15,23H,6-7,9H2,1H3,(H2,19,24)(H,20,25)/t13-,14-,15+/m1/s1. The molecular weight excluding hydrogens is 324 g/mol. The van der Waals surface area contributed by atoms with E-state index >= 15 is 0 Å². The highest BCUT2D eigenvalue weighted by atomic mass is 16.3. The van der Waals surface area contributed by atoms with Gasteiger partial charge in [0.1, 0.15) is 12.1 Å². The summed E-state index contributed by atoms with van der Waals surface area (Å²) in [4.78, 5) is 37.0. The minimum absolute atomic E-state index is 0.0876. The van der Waals surface area contributed by atoms with E-state index in [1.54, 1.807) is 24.3 Å². The first-order valence-corrected chi connectivity index (χ1v) is 7.85. The molecule has 3 atom stereocenters. The van der Waals surface area contributed by atoms with Crippen LogP contribution in [0.15, 0.2) is 24.3 Å². The third-order valence-electron chi connectivity index (χ3n) is 4.17. The monoisotopic (exact) mass is 344 g/mol. The van der Waals surface area contributed by atoms with Gasteiger partial charge >= 0.3 is 0 Å². The topological polar surface area (TPSA) is 137 Å². The molecular formula is C17H20N4O4. The van der Waals surface area contributed by atoms with E-state index < -0.39 is 30.0 Å². The van der Waals surface area contributed by atoms with Gasteiger partial charge in [0, 0.05) is 26.3 Å². The second-order valence-corrected chi connectivity index (χ2v) is 6.05. The second kappa shape index (κ2) is 7.77. The smallest absolute Gasteiger partial charge is 0.243 e. The number of β-amino-alcohol motifs (C(OH)–C–C–N with tert-alkyl or cyclic N) is 1. The minimum atomic E-state index is -0.952. The fourth-order valence-corrected chi connectivity index (χ4v) is 2.85. The number of aliphatic hydroxyl groups is 1. The number of nitrogens with two attached hydrogens (primary N) is 1. The highest BCUT2D eigenvalue weighted by Crippen LogP contribution is 2.18. The first kappa shape index (κ1) is 18.4. The Bertz CT molecular complexity index is 710. The van der Waals surface area contributed by atoms with Crippen LogP contribution >= 0.6 is 0 Å². The molecule has 1 aromatic carbocycles. The molecule has 0 aliphatic carbocycles. The van der Waals surface area contributed by atoms with Gasteiger partial charge in [0.15, 0.2) is 0 Å². The van der Waals surface area contributed by atoms with Gasteiger partial charge < -0.3 is 21.1 Å². The molecule has 1 saturated heterocycles. The number of nitriles is 1. The van der Waals surface area contributed by atoms with Crippen molar-refractivity contribution in [2.24, 2.45) is 5.73 Å². The van der Waals surface area contributed by atoms with Crippen molar-refractivity contribution in [1.29, 1.82) is 5.26 Å². The van der Waals surface area contributed by atoms with Gasteiger partial charge in [-0.2, -0.15) is 5.26 Å². The molecule has 1 aromatic rings. The number of hydrogen-bond acceptors (Lipinski definition) is 5. The predicted molar refractivity (Wildman–Crippen MR) is 87.8 cm³/mol. The van der Waals surface area contributed by atoms with Crippen LogP contribution < -0.4 is 11.1 Å². The number of amides is 3. The summed E-state index contributed by atoms with van der Waals surface area (Å²) in [7, 11) is 0. The Morgan fingerprint density at radius 3 is 2.56 bits per heavy atom. The average Bonchev–Trinajstić information content (AvgIpc) is 2.97. The fraction of sp³-hybridized carbons (Fsp3) is 0.412. The van der Waals surface area contributed by atoms with Gasteiger partial charge in [0.05, 0.1) is 17.7 Å². The van der Waals surface area contributed by atoms with Crippen LogP contribution in [0.25, 0.3) is 0 Å². The van der Waals surface area contributed by atoms with Gasteiger partial charge in [0.25, 0.3) is 0 Å². The molecule has 8 nitrogen and oxygen atoms in total. The van der Waals surface area contributed by atoms with Crippen LogP contribution in [0.2, 0.25) is 0 Å². The molecule has 1 fully saturated rings. The molecule has 132 valence electrons. The molecule has 3 amide bonds. The molecule has 1 aliphatic heterocycles. The maximum absolute atomic E-state index is 12.4. The van der Waals surface area contributed by atoms with Gasteiger partial charge in [-0.25, -0.2) is 0 Å². The molecule has 0 aromatic heterocycles. The maximum Gasteiger partial charge on any atom is 0.243 e. The van der Waals surface area contributed by atoms with E-state index in [2.05, 4.69) is 5.32 Å². The Hall–Kier alpha value is -2.92. The van der Waals surface area contributed by atoms with E-state index in [9.17, 15) is 19.5 Å². The van der Waals surface area contributed by atoms with E-state index in [1.807, 2.05) is 6.07 Å². The highest BCUT2D eigenvalue weighted by molar-refractivity contribution is 5.91. The molecule has 8 heteroatoms. The van der Waals surface area contributed by atoms with Gasteiger partial charge in [-0.1, -0.05) is 12.1 Å². The Balaban J connectivity index is 2.07. The van der Waals surface area contributed by atoms with E-state index in [4.69, 9.17) is 11.0 Å². The van der Waals surface area contributed by atoms with Crippen molar-refractivity contribution >= 4 is 17.7 Å². The Morgan fingerprint density at radius 1 is 1.40 bits per heavy atom. The quantitative estimate of drug-likeness (QED) is 0.633. The second-order valence-electron chi connectivity index (χ2n) is 6.05. The number of nitrogens with zero attached hydrogens (tertiary/aromatic N) is 2. The van der Waals surface area contributed by atoms with Gasteiger partial charge in [0.2, 0.25) is 17.7 Å². The summed E-state index contributed by atoms with van der Waals surface area (Å²) in [5.74, 6) is -1.55. The van der Waals surface area contributed by atoms with Crippen molar-refractivity contribution < 1.29 is 19.5 Å². The number of carbonyl (C=O) groups excluding carboxylic acids is 3. The maximum atomic E-state index is 12.4. The lowest BCUT2D eigenvalue weighted by Gasteiger charge is -2.24. The van der Waals surface area contributed by atoms with Crippen molar-refractivity contribution in [3.63, 3.8) is 0 Å². The lowest BCUT2D eigenvalue weighted by atomic mass is 10.0. The SMILES string of the molecule is CC(=O)N1C[C@H](O)C[C@H]1C(=O)N[C@H](Cc1ccc(C#N)cc1)C(N)=O. The number of rotatable bonds is 5. The number of likely N-dealkylation sites (tertiary alicyclic amines) is 1. The van der Waals surface area contributed by atoms with Crippen LogP contribution in [0.4, 0.5) is 0 Å². The predicted octanol–water partition coefficient (Wildman–Crippen LogP) is -0.947. The summed E-state index contributed by atoms with van der Waals surface area (Å²) < 4.78 is 0. The molecule has 0 radical (unpaired) electrons. The fourth-order valence-electron chi connectivity index (χ4n) is 2.85. The van der Waals surface area contributed by atoms with Crippen LogP contribution in [-0.4, -0.2) is 52.5 Å². The van der Waals surface area contributed by atoms with Gasteiger partial charge in [-0.3, -0.25) is 14.4 Å². The minimum Gasteiger partial charge on any atom is -0.391 e.